The van der Waals surface area contributed by atoms with E-state index in [1.54, 1.807) is 37.3 Å². The summed E-state index contributed by atoms with van der Waals surface area (Å²) in [5.74, 6) is -0.820. The molecule has 4 rings (SSSR count). The highest BCUT2D eigenvalue weighted by atomic mass is 35.5. The van der Waals surface area contributed by atoms with Gasteiger partial charge in [0.15, 0.2) is 5.78 Å². The summed E-state index contributed by atoms with van der Waals surface area (Å²) >= 11 is 5.97. The Morgan fingerprint density at radius 1 is 0.821 bits per heavy atom. The molecule has 200 valence electrons. The van der Waals surface area contributed by atoms with Crippen LogP contribution in [0.5, 0.6) is 0 Å². The molecule has 8 heteroatoms. The lowest BCUT2D eigenvalue weighted by Crippen LogP contribution is -2.10. The Bertz CT molecular complexity index is 1480. The first kappa shape index (κ1) is 27.9. The molecule has 1 N–H and O–H groups in total. The first-order valence-corrected chi connectivity index (χ1v) is 12.5. The third-order valence-corrected chi connectivity index (χ3v) is 6.34. The number of hydrogen-bond acceptors (Lipinski definition) is 3. The van der Waals surface area contributed by atoms with E-state index in [0.29, 0.717) is 28.4 Å². The molecule has 0 spiro atoms. The molecule has 0 heterocycles. The number of benzene rings is 4. The van der Waals surface area contributed by atoms with E-state index in [0.717, 1.165) is 23.5 Å². The molecule has 0 saturated heterocycles. The minimum absolute atomic E-state index is 0.191. The van der Waals surface area contributed by atoms with Crippen LogP contribution in [0.3, 0.4) is 0 Å². The van der Waals surface area contributed by atoms with E-state index >= 15 is 0 Å². The molecule has 0 radical (unpaired) electrons. The monoisotopic (exact) mass is 552 g/mol. The van der Waals surface area contributed by atoms with Crippen molar-refractivity contribution >= 4 is 46.0 Å². The molecule has 0 amide bonds. The highest BCUT2D eigenvalue weighted by Crippen LogP contribution is 2.32. The molecule has 0 saturated carbocycles. The van der Waals surface area contributed by atoms with Crippen molar-refractivity contribution in [1.82, 2.24) is 0 Å². The predicted molar refractivity (Wildman–Crippen MR) is 150 cm³/mol. The molecule has 3 nitrogen and oxygen atoms in total. The Morgan fingerprint density at radius 3 is 1.95 bits per heavy atom. The van der Waals surface area contributed by atoms with Crippen LogP contribution in [0, 0.1) is 0 Å². The predicted octanol–water partition coefficient (Wildman–Crippen LogP) is 9.82. The molecular formula is C31H25ClF4N2O. The van der Waals surface area contributed by atoms with Crippen molar-refractivity contribution in [1.29, 1.82) is 0 Å². The van der Waals surface area contributed by atoms with E-state index in [4.69, 9.17) is 11.6 Å². The second-order valence-corrected chi connectivity index (χ2v) is 9.31. The van der Waals surface area contributed by atoms with E-state index in [-0.39, 0.29) is 16.9 Å². The van der Waals surface area contributed by atoms with Gasteiger partial charge in [0, 0.05) is 51.5 Å². The van der Waals surface area contributed by atoms with E-state index in [2.05, 4.69) is 5.32 Å². The summed E-state index contributed by atoms with van der Waals surface area (Å²) in [5, 5.41) is 3.62. The molecular weight excluding hydrogens is 528 g/mol. The van der Waals surface area contributed by atoms with Gasteiger partial charge in [-0.25, -0.2) is 4.39 Å². The Balaban J connectivity index is 1.62. The zero-order valence-electron chi connectivity index (χ0n) is 21.2. The van der Waals surface area contributed by atoms with Gasteiger partial charge < -0.3 is 10.2 Å². The molecule has 0 aromatic heterocycles. The molecule has 0 unspecified atom stereocenters. The van der Waals surface area contributed by atoms with Crippen LogP contribution in [-0.4, -0.2) is 12.8 Å². The van der Waals surface area contributed by atoms with Gasteiger partial charge in [-0.3, -0.25) is 4.79 Å². The summed E-state index contributed by atoms with van der Waals surface area (Å²) in [7, 11) is 1.89. The standard InChI is InChI=1S/C31H25ClF4N2O/c1-3-4-29(33)21-17-22(19-26(18-21)37-25-11-7-23(8-12-25)31(34,35)36)30(39)20-5-13-27(14-6-20)38(2)28-15-9-24(32)10-16-28/h4-19,37H,3H2,1-2H3/b29-4-. The maximum atomic E-state index is 14.8. The van der Waals surface area contributed by atoms with Gasteiger partial charge in [-0.2, -0.15) is 13.2 Å². The number of carbonyl (C=O) groups is 1. The lowest BCUT2D eigenvalue weighted by atomic mass is 9.99. The minimum atomic E-state index is -4.45. The van der Waals surface area contributed by atoms with Crippen LogP contribution in [0.2, 0.25) is 5.02 Å². The summed E-state index contributed by atoms with van der Waals surface area (Å²) in [6, 6.07) is 23.4. The van der Waals surface area contributed by atoms with Gasteiger partial charge in [-0.15, -0.1) is 0 Å². The third-order valence-electron chi connectivity index (χ3n) is 6.09. The summed E-state index contributed by atoms with van der Waals surface area (Å²) in [5.41, 5.74) is 2.56. The summed E-state index contributed by atoms with van der Waals surface area (Å²) in [6.45, 7) is 1.79. The zero-order valence-corrected chi connectivity index (χ0v) is 21.9. The average molecular weight is 553 g/mol. The van der Waals surface area contributed by atoms with Crippen LogP contribution in [-0.2, 0) is 6.18 Å². The van der Waals surface area contributed by atoms with Crippen molar-refractivity contribution in [2.45, 2.75) is 19.5 Å². The number of ketones is 1. The Morgan fingerprint density at radius 2 is 1.38 bits per heavy atom. The number of rotatable bonds is 8. The minimum Gasteiger partial charge on any atom is -0.355 e. The Kier molecular flexibility index (Phi) is 8.41. The van der Waals surface area contributed by atoms with Crippen molar-refractivity contribution in [3.05, 3.63) is 124 Å². The number of allylic oxidation sites excluding steroid dienone is 1. The molecule has 39 heavy (non-hydrogen) atoms. The fourth-order valence-electron chi connectivity index (χ4n) is 3.99. The summed E-state index contributed by atoms with van der Waals surface area (Å²) in [6.07, 6.45) is -2.60. The molecule has 0 fully saturated rings. The van der Waals surface area contributed by atoms with Crippen molar-refractivity contribution in [2.75, 3.05) is 17.3 Å². The van der Waals surface area contributed by atoms with Crippen molar-refractivity contribution in [2.24, 2.45) is 0 Å². The first-order valence-electron chi connectivity index (χ1n) is 12.1. The molecule has 0 aliphatic heterocycles. The van der Waals surface area contributed by atoms with E-state index in [9.17, 15) is 22.4 Å². The van der Waals surface area contributed by atoms with Crippen LogP contribution < -0.4 is 10.2 Å². The Labute approximate surface area is 229 Å². The topological polar surface area (TPSA) is 32.3 Å². The van der Waals surface area contributed by atoms with Crippen LogP contribution in [0.15, 0.2) is 97.1 Å². The molecule has 0 bridgehead atoms. The van der Waals surface area contributed by atoms with Gasteiger partial charge in [0.05, 0.1) is 5.56 Å². The van der Waals surface area contributed by atoms with Crippen LogP contribution in [0.4, 0.5) is 40.3 Å². The number of nitrogens with zero attached hydrogens (tertiary/aromatic N) is 1. The number of hydrogen-bond donors (Lipinski definition) is 1. The molecule has 0 aliphatic carbocycles. The Hall–Kier alpha value is -4.10. The summed E-state index contributed by atoms with van der Waals surface area (Å²) < 4.78 is 53.6. The lowest BCUT2D eigenvalue weighted by molar-refractivity contribution is -0.137. The fraction of sp³-hybridized carbons (Fsp3) is 0.129. The molecule has 4 aromatic rings. The second kappa shape index (κ2) is 11.7. The molecule has 4 aromatic carbocycles. The SMILES string of the molecule is CC/C=C(\F)c1cc(Nc2ccc(C(F)(F)F)cc2)cc(C(=O)c2ccc(N(C)c3ccc(Cl)cc3)cc2)c1. The first-order chi connectivity index (χ1) is 18.5. The van der Waals surface area contributed by atoms with Crippen molar-refractivity contribution in [3.63, 3.8) is 0 Å². The normalized spacial score (nSPS) is 11.8. The van der Waals surface area contributed by atoms with E-state index in [1.807, 2.05) is 36.2 Å². The number of carbonyl (C=O) groups excluding carboxylic acids is 1. The van der Waals surface area contributed by atoms with Gasteiger partial charge in [0.1, 0.15) is 5.83 Å². The smallest absolute Gasteiger partial charge is 0.355 e. The highest BCUT2D eigenvalue weighted by Gasteiger charge is 2.30. The average Bonchev–Trinajstić information content (AvgIpc) is 2.92. The second-order valence-electron chi connectivity index (χ2n) is 8.87. The highest BCUT2D eigenvalue weighted by molar-refractivity contribution is 6.30. The van der Waals surface area contributed by atoms with Gasteiger partial charge >= 0.3 is 6.18 Å². The van der Waals surface area contributed by atoms with Crippen LogP contribution >= 0.6 is 11.6 Å². The van der Waals surface area contributed by atoms with E-state index < -0.39 is 17.6 Å². The fourth-order valence-corrected chi connectivity index (χ4v) is 4.12. The number of halogens is 5. The quantitative estimate of drug-likeness (QED) is 0.174. The van der Waals surface area contributed by atoms with Gasteiger partial charge in [0.25, 0.3) is 0 Å². The van der Waals surface area contributed by atoms with Gasteiger partial charge in [-0.05, 0) is 103 Å². The van der Waals surface area contributed by atoms with Crippen molar-refractivity contribution in [3.8, 4) is 0 Å². The number of nitrogens with one attached hydrogen (secondary N) is 1. The zero-order chi connectivity index (χ0) is 28.2. The maximum absolute atomic E-state index is 14.8. The van der Waals surface area contributed by atoms with Crippen LogP contribution in [0.1, 0.15) is 40.4 Å². The van der Waals surface area contributed by atoms with Gasteiger partial charge in [0.2, 0.25) is 0 Å². The summed E-state index contributed by atoms with van der Waals surface area (Å²) in [4.78, 5) is 15.4. The lowest BCUT2D eigenvalue weighted by Gasteiger charge is -2.20. The number of alkyl halides is 3. The van der Waals surface area contributed by atoms with E-state index in [1.165, 1.54) is 30.3 Å². The van der Waals surface area contributed by atoms with Crippen molar-refractivity contribution < 1.29 is 22.4 Å². The molecule has 0 aliphatic rings. The van der Waals surface area contributed by atoms with Gasteiger partial charge in [-0.1, -0.05) is 18.5 Å². The van der Waals surface area contributed by atoms with Crippen LogP contribution in [0.25, 0.3) is 5.83 Å². The number of anilines is 4. The third kappa shape index (κ3) is 6.86. The molecule has 0 atom stereocenters. The maximum Gasteiger partial charge on any atom is 0.416 e. The largest absolute Gasteiger partial charge is 0.416 e.